The van der Waals surface area contributed by atoms with Gasteiger partial charge in [0.2, 0.25) is 10.0 Å². The van der Waals surface area contributed by atoms with Crippen LogP contribution in [0.5, 0.6) is 0 Å². The standard InChI is InChI=1S/C18H24N2O2S/c1-15(19-14-13-16-7-5-4-6-8-16)17-9-11-18(12-10-17)23(21,22)20(2)3/h4-12,15,19H,13-14H2,1-3H3/t15-/m0/s1. The highest BCUT2D eigenvalue weighted by Crippen LogP contribution is 2.18. The lowest BCUT2D eigenvalue weighted by molar-refractivity contribution is 0.520. The molecule has 0 aliphatic heterocycles. The van der Waals surface area contributed by atoms with Crippen molar-refractivity contribution in [3.05, 3.63) is 65.7 Å². The molecule has 4 nitrogen and oxygen atoms in total. The van der Waals surface area contributed by atoms with Crippen molar-refractivity contribution in [2.75, 3.05) is 20.6 Å². The summed E-state index contributed by atoms with van der Waals surface area (Å²) in [6.45, 7) is 2.96. The van der Waals surface area contributed by atoms with Crippen LogP contribution in [0.3, 0.4) is 0 Å². The lowest BCUT2D eigenvalue weighted by Crippen LogP contribution is -2.23. The first-order valence-electron chi connectivity index (χ1n) is 7.71. The third-order valence-electron chi connectivity index (χ3n) is 3.87. The van der Waals surface area contributed by atoms with Crippen LogP contribution in [0.1, 0.15) is 24.1 Å². The number of hydrogen-bond donors (Lipinski definition) is 1. The van der Waals surface area contributed by atoms with Crippen LogP contribution < -0.4 is 5.32 Å². The highest BCUT2D eigenvalue weighted by Gasteiger charge is 2.17. The Hall–Kier alpha value is -1.69. The molecule has 23 heavy (non-hydrogen) atoms. The monoisotopic (exact) mass is 332 g/mol. The first-order valence-corrected chi connectivity index (χ1v) is 9.15. The average molecular weight is 332 g/mol. The summed E-state index contributed by atoms with van der Waals surface area (Å²) in [5.41, 5.74) is 2.38. The zero-order valence-corrected chi connectivity index (χ0v) is 14.7. The predicted molar refractivity (Wildman–Crippen MR) is 93.9 cm³/mol. The van der Waals surface area contributed by atoms with E-state index in [1.165, 1.54) is 24.0 Å². The van der Waals surface area contributed by atoms with Crippen molar-refractivity contribution >= 4 is 10.0 Å². The third kappa shape index (κ3) is 4.64. The molecule has 124 valence electrons. The Morgan fingerprint density at radius 3 is 2.17 bits per heavy atom. The Bertz CT molecular complexity index is 710. The summed E-state index contributed by atoms with van der Waals surface area (Å²) in [6.07, 6.45) is 0.971. The van der Waals surface area contributed by atoms with Crippen molar-refractivity contribution < 1.29 is 8.42 Å². The number of rotatable bonds is 7. The maximum absolute atomic E-state index is 12.1. The first-order chi connectivity index (χ1) is 10.9. The molecule has 0 aromatic heterocycles. The molecule has 0 aliphatic carbocycles. The van der Waals surface area contributed by atoms with E-state index in [1.54, 1.807) is 12.1 Å². The molecule has 0 saturated carbocycles. The summed E-state index contributed by atoms with van der Waals surface area (Å²) in [6, 6.07) is 17.6. The second-order valence-corrected chi connectivity index (χ2v) is 7.92. The molecule has 2 aromatic carbocycles. The Kier molecular flexibility index (Phi) is 5.93. The Labute approximate surface area is 139 Å². The number of benzene rings is 2. The van der Waals surface area contributed by atoms with E-state index in [4.69, 9.17) is 0 Å². The van der Waals surface area contributed by atoms with E-state index in [2.05, 4.69) is 24.4 Å². The number of nitrogens with zero attached hydrogens (tertiary/aromatic N) is 1. The highest BCUT2D eigenvalue weighted by atomic mass is 32.2. The summed E-state index contributed by atoms with van der Waals surface area (Å²) in [5.74, 6) is 0. The van der Waals surface area contributed by atoms with Gasteiger partial charge in [0.25, 0.3) is 0 Å². The van der Waals surface area contributed by atoms with Crippen molar-refractivity contribution in [2.45, 2.75) is 24.3 Å². The molecule has 2 aromatic rings. The minimum atomic E-state index is -3.36. The maximum Gasteiger partial charge on any atom is 0.242 e. The van der Waals surface area contributed by atoms with E-state index < -0.39 is 10.0 Å². The number of hydrogen-bond acceptors (Lipinski definition) is 3. The van der Waals surface area contributed by atoms with Gasteiger partial charge in [0, 0.05) is 20.1 Å². The predicted octanol–water partition coefficient (Wildman–Crippen LogP) is 2.83. The minimum Gasteiger partial charge on any atom is -0.310 e. The van der Waals surface area contributed by atoms with Crippen molar-refractivity contribution in [3.8, 4) is 0 Å². The van der Waals surface area contributed by atoms with Gasteiger partial charge in [-0.2, -0.15) is 0 Å². The van der Waals surface area contributed by atoms with Gasteiger partial charge < -0.3 is 5.32 Å². The van der Waals surface area contributed by atoms with Crippen LogP contribution in [0.4, 0.5) is 0 Å². The van der Waals surface area contributed by atoms with Gasteiger partial charge in [0.15, 0.2) is 0 Å². The average Bonchev–Trinajstić information content (AvgIpc) is 2.55. The van der Waals surface area contributed by atoms with Gasteiger partial charge in [-0.15, -0.1) is 0 Å². The summed E-state index contributed by atoms with van der Waals surface area (Å²) in [5, 5.41) is 3.47. The molecule has 0 saturated heterocycles. The molecule has 0 aliphatic rings. The molecular formula is C18H24N2O2S. The van der Waals surface area contributed by atoms with Gasteiger partial charge in [-0.05, 0) is 43.1 Å². The normalized spacial score (nSPS) is 13.2. The topological polar surface area (TPSA) is 49.4 Å². The molecule has 0 heterocycles. The van der Waals surface area contributed by atoms with Crippen molar-refractivity contribution in [1.29, 1.82) is 0 Å². The van der Waals surface area contributed by atoms with Gasteiger partial charge in [0.1, 0.15) is 0 Å². The summed E-state index contributed by atoms with van der Waals surface area (Å²) >= 11 is 0. The second-order valence-electron chi connectivity index (χ2n) is 5.77. The highest BCUT2D eigenvalue weighted by molar-refractivity contribution is 7.89. The Morgan fingerprint density at radius 2 is 1.61 bits per heavy atom. The zero-order chi connectivity index (χ0) is 16.9. The van der Waals surface area contributed by atoms with Crippen LogP contribution in [0.2, 0.25) is 0 Å². The minimum absolute atomic E-state index is 0.176. The van der Waals surface area contributed by atoms with Crippen molar-refractivity contribution in [2.24, 2.45) is 0 Å². The summed E-state index contributed by atoms with van der Waals surface area (Å²) < 4.78 is 25.3. The number of nitrogens with one attached hydrogen (secondary N) is 1. The van der Waals surface area contributed by atoms with Gasteiger partial charge in [-0.1, -0.05) is 42.5 Å². The molecule has 0 fully saturated rings. The van der Waals surface area contributed by atoms with Gasteiger partial charge in [0.05, 0.1) is 4.90 Å². The lowest BCUT2D eigenvalue weighted by Gasteiger charge is -2.16. The molecule has 1 N–H and O–H groups in total. The van der Waals surface area contributed by atoms with Crippen LogP contribution in [-0.4, -0.2) is 33.4 Å². The SMILES string of the molecule is C[C@H](NCCc1ccccc1)c1ccc(S(=O)(=O)N(C)C)cc1. The van der Waals surface area contributed by atoms with Gasteiger partial charge >= 0.3 is 0 Å². The number of sulfonamides is 1. The fourth-order valence-corrected chi connectivity index (χ4v) is 3.24. The maximum atomic E-state index is 12.1. The van der Waals surface area contributed by atoms with E-state index >= 15 is 0 Å². The molecule has 0 bridgehead atoms. The molecule has 0 spiro atoms. The van der Waals surface area contributed by atoms with Crippen molar-refractivity contribution in [1.82, 2.24) is 9.62 Å². The van der Waals surface area contributed by atoms with E-state index in [9.17, 15) is 8.42 Å². The van der Waals surface area contributed by atoms with Gasteiger partial charge in [-0.3, -0.25) is 0 Å². The second kappa shape index (κ2) is 7.73. The molecule has 1 atom stereocenters. The van der Waals surface area contributed by atoms with E-state index in [0.717, 1.165) is 18.5 Å². The molecule has 2 rings (SSSR count). The fourth-order valence-electron chi connectivity index (χ4n) is 2.33. The van der Waals surface area contributed by atoms with Gasteiger partial charge in [-0.25, -0.2) is 12.7 Å². The summed E-state index contributed by atoms with van der Waals surface area (Å²) in [7, 11) is -0.282. The molecule has 0 amide bonds. The fraction of sp³-hybridized carbons (Fsp3) is 0.333. The van der Waals surface area contributed by atoms with Crippen LogP contribution >= 0.6 is 0 Å². The Balaban J connectivity index is 1.94. The largest absolute Gasteiger partial charge is 0.310 e. The summed E-state index contributed by atoms with van der Waals surface area (Å²) in [4.78, 5) is 0.322. The van der Waals surface area contributed by atoms with E-state index in [0.29, 0.717) is 4.90 Å². The first kappa shape index (κ1) is 17.7. The Morgan fingerprint density at radius 1 is 1.00 bits per heavy atom. The molecular weight excluding hydrogens is 308 g/mol. The lowest BCUT2D eigenvalue weighted by atomic mass is 10.1. The van der Waals surface area contributed by atoms with Crippen LogP contribution in [0.15, 0.2) is 59.5 Å². The smallest absolute Gasteiger partial charge is 0.242 e. The quantitative estimate of drug-likeness (QED) is 0.848. The van der Waals surface area contributed by atoms with E-state index in [1.807, 2.05) is 30.3 Å². The molecule has 5 heteroatoms. The molecule has 0 radical (unpaired) electrons. The van der Waals surface area contributed by atoms with Crippen molar-refractivity contribution in [3.63, 3.8) is 0 Å². The zero-order valence-electron chi connectivity index (χ0n) is 13.9. The van der Waals surface area contributed by atoms with Crippen LogP contribution in [-0.2, 0) is 16.4 Å². The third-order valence-corrected chi connectivity index (χ3v) is 5.70. The van der Waals surface area contributed by atoms with Crippen LogP contribution in [0.25, 0.3) is 0 Å². The van der Waals surface area contributed by atoms with E-state index in [-0.39, 0.29) is 6.04 Å². The molecule has 0 unspecified atom stereocenters. The van der Waals surface area contributed by atoms with Crippen LogP contribution in [0, 0.1) is 0 Å².